The van der Waals surface area contributed by atoms with E-state index in [9.17, 15) is 4.79 Å². The highest BCUT2D eigenvalue weighted by Gasteiger charge is 2.38. The number of hydrogen-bond donors (Lipinski definition) is 1. The summed E-state index contributed by atoms with van der Waals surface area (Å²) in [5.74, 6) is -0.176. The molecule has 4 nitrogen and oxygen atoms in total. The van der Waals surface area contributed by atoms with Crippen LogP contribution in [0.1, 0.15) is 53.4 Å². The fraction of sp³-hybridized carbons (Fsp3) is 0.929. The number of rotatable bonds is 7. The van der Waals surface area contributed by atoms with Crippen molar-refractivity contribution in [2.45, 2.75) is 70.6 Å². The highest BCUT2D eigenvalue weighted by molar-refractivity contribution is 5.80. The summed E-state index contributed by atoms with van der Waals surface area (Å²) in [6.45, 7) is 8.70. The fourth-order valence-corrected chi connectivity index (χ4v) is 1.94. The van der Waals surface area contributed by atoms with Gasteiger partial charge in [-0.1, -0.05) is 0 Å². The molecule has 1 aliphatic carbocycles. The molecule has 0 bridgehead atoms. The Labute approximate surface area is 110 Å². The molecule has 1 N–H and O–H groups in total. The second kappa shape index (κ2) is 6.02. The molecule has 0 spiro atoms. The Kier molecular flexibility index (Phi) is 5.17. The van der Waals surface area contributed by atoms with Crippen molar-refractivity contribution >= 4 is 5.97 Å². The molecule has 106 valence electrons. The van der Waals surface area contributed by atoms with E-state index in [1.54, 1.807) is 0 Å². The van der Waals surface area contributed by atoms with Gasteiger partial charge in [-0.15, -0.1) is 0 Å². The molecule has 1 unspecified atom stereocenters. The molecule has 0 aromatic carbocycles. The quantitative estimate of drug-likeness (QED) is 0.561. The molecule has 1 rings (SSSR count). The van der Waals surface area contributed by atoms with Crippen molar-refractivity contribution in [1.82, 2.24) is 5.32 Å². The van der Waals surface area contributed by atoms with Crippen LogP contribution >= 0.6 is 0 Å². The molecular weight excluding hydrogens is 230 g/mol. The smallest absolute Gasteiger partial charge is 0.325 e. The minimum absolute atomic E-state index is 0.119. The second-order valence-corrected chi connectivity index (χ2v) is 6.31. The first-order valence-corrected chi connectivity index (χ1v) is 6.77. The monoisotopic (exact) mass is 257 g/mol. The predicted octanol–water partition coefficient (Wildman–Crippen LogP) is 2.27. The van der Waals surface area contributed by atoms with E-state index in [0.717, 1.165) is 25.7 Å². The Hall–Kier alpha value is -0.610. The largest absolute Gasteiger partial charge is 0.468 e. The van der Waals surface area contributed by atoms with Crippen LogP contribution in [-0.2, 0) is 14.3 Å². The molecule has 0 saturated heterocycles. The molecule has 0 aromatic heterocycles. The number of hydrogen-bond acceptors (Lipinski definition) is 4. The van der Waals surface area contributed by atoms with E-state index in [1.165, 1.54) is 7.11 Å². The minimum Gasteiger partial charge on any atom is -0.468 e. The molecule has 0 amide bonds. The zero-order valence-electron chi connectivity index (χ0n) is 12.3. The molecule has 0 aliphatic heterocycles. The molecule has 18 heavy (non-hydrogen) atoms. The van der Waals surface area contributed by atoms with Gasteiger partial charge in [0.1, 0.15) is 5.54 Å². The Balaban J connectivity index is 2.38. The van der Waals surface area contributed by atoms with Crippen LogP contribution in [0.25, 0.3) is 0 Å². The average molecular weight is 257 g/mol. The van der Waals surface area contributed by atoms with Crippen molar-refractivity contribution < 1.29 is 14.3 Å². The van der Waals surface area contributed by atoms with Gasteiger partial charge in [-0.25, -0.2) is 0 Å². The van der Waals surface area contributed by atoms with Crippen LogP contribution in [0, 0.1) is 0 Å². The first kappa shape index (κ1) is 15.4. The summed E-state index contributed by atoms with van der Waals surface area (Å²) in [6, 6.07) is 0.484. The number of nitrogens with one attached hydrogen (secondary N) is 1. The molecular formula is C14H27NO3. The van der Waals surface area contributed by atoms with Crippen molar-refractivity contribution in [1.29, 1.82) is 0 Å². The highest BCUT2D eigenvalue weighted by Crippen LogP contribution is 2.25. The number of carbonyl (C=O) groups is 1. The van der Waals surface area contributed by atoms with Crippen molar-refractivity contribution in [3.63, 3.8) is 0 Å². The van der Waals surface area contributed by atoms with Crippen molar-refractivity contribution in [3.05, 3.63) is 0 Å². The molecule has 4 heteroatoms. The Morgan fingerprint density at radius 3 is 2.33 bits per heavy atom. The van der Waals surface area contributed by atoms with Crippen LogP contribution < -0.4 is 5.32 Å². The lowest BCUT2D eigenvalue weighted by atomic mass is 9.95. The third-order valence-electron chi connectivity index (χ3n) is 3.09. The van der Waals surface area contributed by atoms with E-state index in [-0.39, 0.29) is 11.6 Å². The minimum atomic E-state index is -0.572. The summed E-state index contributed by atoms with van der Waals surface area (Å²) in [5, 5.41) is 3.39. The van der Waals surface area contributed by atoms with Crippen LogP contribution in [0.3, 0.4) is 0 Å². The van der Waals surface area contributed by atoms with E-state index < -0.39 is 5.54 Å². The van der Waals surface area contributed by atoms with Gasteiger partial charge < -0.3 is 9.47 Å². The van der Waals surface area contributed by atoms with Gasteiger partial charge in [0.25, 0.3) is 0 Å². The summed E-state index contributed by atoms with van der Waals surface area (Å²) in [4.78, 5) is 11.9. The molecule has 1 fully saturated rings. The third-order valence-corrected chi connectivity index (χ3v) is 3.09. The predicted molar refractivity (Wildman–Crippen MR) is 71.5 cm³/mol. The summed E-state index contributed by atoms with van der Waals surface area (Å²) in [5.41, 5.74) is -0.692. The molecule has 0 heterocycles. The van der Waals surface area contributed by atoms with E-state index in [1.807, 2.05) is 27.7 Å². The van der Waals surface area contributed by atoms with Gasteiger partial charge in [-0.2, -0.15) is 0 Å². The highest BCUT2D eigenvalue weighted by atomic mass is 16.5. The van der Waals surface area contributed by atoms with E-state index in [4.69, 9.17) is 9.47 Å². The second-order valence-electron chi connectivity index (χ2n) is 6.31. The molecule has 0 aromatic rings. The summed E-state index contributed by atoms with van der Waals surface area (Å²) >= 11 is 0. The Morgan fingerprint density at radius 1 is 1.28 bits per heavy atom. The topological polar surface area (TPSA) is 47.6 Å². The first-order chi connectivity index (χ1) is 8.27. The number of esters is 1. The number of carbonyl (C=O) groups excluding carboxylic acids is 1. The summed E-state index contributed by atoms with van der Waals surface area (Å²) < 4.78 is 10.6. The van der Waals surface area contributed by atoms with Gasteiger partial charge >= 0.3 is 5.97 Å². The van der Waals surface area contributed by atoms with Crippen LogP contribution in [0.5, 0.6) is 0 Å². The molecule has 0 radical (unpaired) electrons. The fourth-order valence-electron chi connectivity index (χ4n) is 1.94. The number of ether oxygens (including phenoxy) is 2. The van der Waals surface area contributed by atoms with E-state index >= 15 is 0 Å². The lowest BCUT2D eigenvalue weighted by Crippen LogP contribution is -2.51. The lowest BCUT2D eigenvalue weighted by molar-refractivity contribution is -0.148. The zero-order chi connectivity index (χ0) is 13.8. The van der Waals surface area contributed by atoms with E-state index in [2.05, 4.69) is 5.32 Å². The zero-order valence-corrected chi connectivity index (χ0v) is 12.3. The average Bonchev–Trinajstić information content (AvgIpc) is 3.06. The maximum absolute atomic E-state index is 11.9. The molecule has 1 saturated carbocycles. The maximum atomic E-state index is 11.9. The van der Waals surface area contributed by atoms with Crippen LogP contribution in [0.15, 0.2) is 0 Å². The third kappa shape index (κ3) is 5.36. The number of methoxy groups -OCH3 is 1. The summed E-state index contributed by atoms with van der Waals surface area (Å²) in [7, 11) is 1.45. The van der Waals surface area contributed by atoms with Crippen LogP contribution in [0.2, 0.25) is 0 Å². The lowest BCUT2D eigenvalue weighted by Gasteiger charge is -2.29. The first-order valence-electron chi connectivity index (χ1n) is 6.77. The Morgan fingerprint density at radius 2 is 1.89 bits per heavy atom. The Bertz CT molecular complexity index is 281. The SMILES string of the molecule is COC(=O)C(C)(CCCOC(C)(C)C)NC1CC1. The summed E-state index contributed by atoms with van der Waals surface area (Å²) in [6.07, 6.45) is 3.91. The van der Waals surface area contributed by atoms with Gasteiger partial charge in [0, 0.05) is 12.6 Å². The standard InChI is InChI=1S/C14H27NO3/c1-13(2,3)18-10-6-9-14(4,12(16)17-5)15-11-7-8-11/h11,15H,6-10H2,1-5H3. The van der Waals surface area contributed by atoms with Crippen LogP contribution in [0.4, 0.5) is 0 Å². The van der Waals surface area contributed by atoms with Gasteiger partial charge in [-0.05, 0) is 53.4 Å². The van der Waals surface area contributed by atoms with Crippen molar-refractivity contribution in [2.24, 2.45) is 0 Å². The van der Waals surface area contributed by atoms with E-state index in [0.29, 0.717) is 12.6 Å². The maximum Gasteiger partial charge on any atom is 0.325 e. The normalized spacial score (nSPS) is 19.4. The van der Waals surface area contributed by atoms with Gasteiger partial charge in [0.2, 0.25) is 0 Å². The van der Waals surface area contributed by atoms with Gasteiger partial charge in [-0.3, -0.25) is 10.1 Å². The van der Waals surface area contributed by atoms with Gasteiger partial charge in [0.05, 0.1) is 12.7 Å². The molecule has 1 aliphatic rings. The van der Waals surface area contributed by atoms with Crippen LogP contribution in [-0.4, -0.2) is 36.9 Å². The van der Waals surface area contributed by atoms with Gasteiger partial charge in [0.15, 0.2) is 0 Å². The van der Waals surface area contributed by atoms with Crippen molar-refractivity contribution in [3.8, 4) is 0 Å². The van der Waals surface area contributed by atoms with Crippen molar-refractivity contribution in [2.75, 3.05) is 13.7 Å². The molecule has 1 atom stereocenters.